The van der Waals surface area contributed by atoms with Crippen LogP contribution >= 0.6 is 0 Å². The first-order chi connectivity index (χ1) is 15.5. The lowest BCUT2D eigenvalue weighted by Crippen LogP contribution is -2.59. The summed E-state index contributed by atoms with van der Waals surface area (Å²) in [6.45, 7) is 3.58. The molecule has 4 unspecified atom stereocenters. The fourth-order valence-corrected chi connectivity index (χ4v) is 3.64. The number of carbonyl (C=O) groups is 5. The largest absolute Gasteiger partial charge is 0.481 e. The molecule has 1 saturated heterocycles. The zero-order valence-corrected chi connectivity index (χ0v) is 18.5. The second-order valence-corrected chi connectivity index (χ2v) is 8.30. The maximum Gasteiger partial charge on any atom is 0.326 e. The second kappa shape index (κ2) is 11.4. The van der Waals surface area contributed by atoms with E-state index < -0.39 is 66.2 Å². The van der Waals surface area contributed by atoms with Gasteiger partial charge in [0, 0.05) is 24.9 Å². The van der Waals surface area contributed by atoms with Crippen LogP contribution in [0.25, 0.3) is 0 Å². The normalized spacial score (nSPS) is 18.4. The Bertz CT molecular complexity index is 872. The number of H-pyrrole nitrogens is 1. The third-order valence-electron chi connectivity index (χ3n) is 5.39. The van der Waals surface area contributed by atoms with E-state index in [0.29, 0.717) is 18.5 Å². The van der Waals surface area contributed by atoms with E-state index in [-0.39, 0.29) is 13.0 Å². The van der Waals surface area contributed by atoms with E-state index in [1.165, 1.54) is 17.4 Å². The highest BCUT2D eigenvalue weighted by atomic mass is 16.4. The maximum atomic E-state index is 13.2. The van der Waals surface area contributed by atoms with E-state index in [1.54, 1.807) is 13.8 Å². The number of rotatable bonds is 11. The summed E-state index contributed by atoms with van der Waals surface area (Å²) in [5, 5.41) is 23.3. The molecule has 0 spiro atoms. The Hall–Kier alpha value is -3.48. The van der Waals surface area contributed by atoms with Crippen molar-refractivity contribution in [1.82, 2.24) is 25.5 Å². The van der Waals surface area contributed by atoms with E-state index in [1.807, 2.05) is 0 Å². The molecule has 2 rings (SSSR count). The van der Waals surface area contributed by atoms with Gasteiger partial charge >= 0.3 is 11.9 Å². The van der Waals surface area contributed by atoms with Crippen molar-refractivity contribution in [2.45, 2.75) is 63.7 Å². The number of nitrogens with one attached hydrogen (secondary N) is 3. The lowest BCUT2D eigenvalue weighted by Gasteiger charge is -2.29. The monoisotopic (exact) mass is 466 g/mol. The van der Waals surface area contributed by atoms with Crippen molar-refractivity contribution in [2.24, 2.45) is 11.7 Å². The van der Waals surface area contributed by atoms with Gasteiger partial charge in [-0.1, -0.05) is 13.8 Å². The van der Waals surface area contributed by atoms with Gasteiger partial charge in [-0.25, -0.2) is 9.78 Å². The number of carboxylic acids is 2. The molecule has 33 heavy (non-hydrogen) atoms. The summed E-state index contributed by atoms with van der Waals surface area (Å²) < 4.78 is 0. The Balaban J connectivity index is 2.19. The zero-order valence-electron chi connectivity index (χ0n) is 18.5. The number of aromatic nitrogens is 2. The number of nitrogens with two attached hydrogens (primary N) is 1. The molecule has 0 saturated carbocycles. The van der Waals surface area contributed by atoms with Gasteiger partial charge < -0.3 is 36.5 Å². The van der Waals surface area contributed by atoms with Crippen molar-refractivity contribution in [3.8, 4) is 0 Å². The second-order valence-electron chi connectivity index (χ2n) is 8.30. The van der Waals surface area contributed by atoms with Crippen molar-refractivity contribution in [2.75, 3.05) is 6.54 Å². The fourth-order valence-electron chi connectivity index (χ4n) is 3.64. The number of hydrogen-bond donors (Lipinski definition) is 6. The van der Waals surface area contributed by atoms with E-state index in [4.69, 9.17) is 10.8 Å². The molecule has 3 amide bonds. The van der Waals surface area contributed by atoms with Gasteiger partial charge in [0.1, 0.15) is 18.1 Å². The molecule has 1 aliphatic rings. The van der Waals surface area contributed by atoms with Gasteiger partial charge in [-0.3, -0.25) is 19.2 Å². The number of hydrogen-bond acceptors (Lipinski definition) is 7. The van der Waals surface area contributed by atoms with Crippen LogP contribution in [0.5, 0.6) is 0 Å². The molecule has 182 valence electrons. The number of carboxylic acid groups (broad SMARTS) is 2. The molecule has 4 atom stereocenters. The SMILES string of the molecule is CC(C)C(NC(=O)C(N)CC(=O)O)C(=O)NC(Cc1cnc[nH]1)C(=O)N1CCCC1C(=O)O. The molecule has 1 fully saturated rings. The van der Waals surface area contributed by atoms with Crippen molar-refractivity contribution < 1.29 is 34.2 Å². The van der Waals surface area contributed by atoms with Crippen LogP contribution < -0.4 is 16.4 Å². The highest BCUT2D eigenvalue weighted by Gasteiger charge is 2.39. The van der Waals surface area contributed by atoms with Crippen LogP contribution in [0.4, 0.5) is 0 Å². The van der Waals surface area contributed by atoms with E-state index in [0.717, 1.165) is 0 Å². The lowest BCUT2D eigenvalue weighted by molar-refractivity contribution is -0.149. The Morgan fingerprint density at radius 2 is 1.91 bits per heavy atom. The van der Waals surface area contributed by atoms with Gasteiger partial charge in [0.2, 0.25) is 17.7 Å². The minimum absolute atomic E-state index is 0.0324. The lowest BCUT2D eigenvalue weighted by atomic mass is 10.0. The Kier molecular flexibility index (Phi) is 8.91. The predicted octanol–water partition coefficient (Wildman–Crippen LogP) is -1.54. The molecule has 0 bridgehead atoms. The molecule has 13 heteroatoms. The van der Waals surface area contributed by atoms with Gasteiger partial charge in [0.05, 0.1) is 18.8 Å². The number of nitrogens with zero attached hydrogens (tertiary/aromatic N) is 2. The smallest absolute Gasteiger partial charge is 0.326 e. The number of likely N-dealkylation sites (tertiary alicyclic amines) is 1. The summed E-state index contributed by atoms with van der Waals surface area (Å²) in [6.07, 6.45) is 3.17. The first-order valence-electron chi connectivity index (χ1n) is 10.6. The molecule has 1 aromatic rings. The third kappa shape index (κ3) is 7.00. The van der Waals surface area contributed by atoms with Crippen molar-refractivity contribution >= 4 is 29.7 Å². The molecule has 1 aromatic heterocycles. The standard InChI is InChI=1S/C20H30N6O7/c1-10(2)16(25-17(29)12(21)7-15(27)28)18(30)24-13(6-11-8-22-9-23-11)19(31)26-5-3-4-14(26)20(32)33/h8-10,12-14,16H,3-7,21H2,1-2H3,(H,22,23)(H,24,30)(H,25,29)(H,27,28)(H,32,33). The molecule has 0 aromatic carbocycles. The summed E-state index contributed by atoms with van der Waals surface area (Å²) in [7, 11) is 0. The summed E-state index contributed by atoms with van der Waals surface area (Å²) >= 11 is 0. The summed E-state index contributed by atoms with van der Waals surface area (Å²) in [5.41, 5.74) is 6.13. The van der Waals surface area contributed by atoms with Crippen LogP contribution in [0.1, 0.15) is 38.8 Å². The van der Waals surface area contributed by atoms with E-state index in [2.05, 4.69) is 20.6 Å². The van der Waals surface area contributed by atoms with Crippen molar-refractivity contribution in [3.05, 3.63) is 18.2 Å². The minimum Gasteiger partial charge on any atom is -0.481 e. The average molecular weight is 466 g/mol. The Morgan fingerprint density at radius 3 is 2.45 bits per heavy atom. The highest BCUT2D eigenvalue weighted by molar-refractivity contribution is 5.95. The number of aromatic amines is 1. The quantitative estimate of drug-likeness (QED) is 0.223. The summed E-state index contributed by atoms with van der Waals surface area (Å²) in [6, 6.07) is -4.53. The number of amides is 3. The van der Waals surface area contributed by atoms with Crippen LogP contribution in [-0.4, -0.2) is 85.5 Å². The molecule has 7 N–H and O–H groups in total. The number of aliphatic carboxylic acids is 2. The van der Waals surface area contributed by atoms with Crippen LogP contribution in [0.2, 0.25) is 0 Å². The molecule has 0 radical (unpaired) electrons. The number of imidazole rings is 1. The molecular formula is C20H30N6O7. The van der Waals surface area contributed by atoms with Gasteiger partial charge in [-0.15, -0.1) is 0 Å². The topological polar surface area (TPSA) is 208 Å². The van der Waals surface area contributed by atoms with Crippen molar-refractivity contribution in [3.63, 3.8) is 0 Å². The van der Waals surface area contributed by atoms with Gasteiger partial charge in [-0.05, 0) is 18.8 Å². The Morgan fingerprint density at radius 1 is 1.21 bits per heavy atom. The van der Waals surface area contributed by atoms with Crippen molar-refractivity contribution in [1.29, 1.82) is 0 Å². The van der Waals surface area contributed by atoms with E-state index in [9.17, 15) is 29.1 Å². The molecule has 13 nitrogen and oxygen atoms in total. The molecule has 0 aliphatic carbocycles. The molecule has 2 heterocycles. The van der Waals surface area contributed by atoms with Crippen LogP contribution in [0, 0.1) is 5.92 Å². The predicted molar refractivity (Wildman–Crippen MR) is 114 cm³/mol. The first-order valence-corrected chi connectivity index (χ1v) is 10.6. The van der Waals surface area contributed by atoms with Gasteiger partial charge in [0.25, 0.3) is 0 Å². The van der Waals surface area contributed by atoms with Gasteiger partial charge in [0.15, 0.2) is 0 Å². The molecular weight excluding hydrogens is 436 g/mol. The number of carbonyl (C=O) groups excluding carboxylic acids is 3. The Labute approximate surface area is 190 Å². The highest BCUT2D eigenvalue weighted by Crippen LogP contribution is 2.19. The first kappa shape index (κ1) is 25.8. The van der Waals surface area contributed by atoms with Gasteiger partial charge in [-0.2, -0.15) is 0 Å². The minimum atomic E-state index is -1.35. The maximum absolute atomic E-state index is 13.2. The summed E-state index contributed by atoms with van der Waals surface area (Å²) in [4.78, 5) is 68.8. The van der Waals surface area contributed by atoms with Crippen LogP contribution in [0.3, 0.4) is 0 Å². The summed E-state index contributed by atoms with van der Waals surface area (Å²) in [5.74, 6) is -4.83. The van der Waals surface area contributed by atoms with Crippen LogP contribution in [0.15, 0.2) is 12.5 Å². The zero-order chi connectivity index (χ0) is 24.7. The van der Waals surface area contributed by atoms with Crippen LogP contribution in [-0.2, 0) is 30.4 Å². The fraction of sp³-hybridized carbons (Fsp3) is 0.600. The van der Waals surface area contributed by atoms with E-state index >= 15 is 0 Å². The molecule has 1 aliphatic heterocycles. The average Bonchev–Trinajstić information content (AvgIpc) is 3.41. The third-order valence-corrected chi connectivity index (χ3v) is 5.39.